The molecule has 0 aliphatic heterocycles. The van der Waals surface area contributed by atoms with Gasteiger partial charge in [-0.2, -0.15) is 0 Å². The van der Waals surface area contributed by atoms with E-state index in [1.54, 1.807) is 22.8 Å². The Morgan fingerprint density at radius 1 is 1.26 bits per heavy atom. The summed E-state index contributed by atoms with van der Waals surface area (Å²) in [6.07, 6.45) is 0. The molecule has 1 aromatic carbocycles. The summed E-state index contributed by atoms with van der Waals surface area (Å²) in [6.45, 7) is 4.89. The molecule has 0 aliphatic rings. The SMILES string of the molecule is CCOc1ccc(N)cc1Cn1c(C)cccc1=O. The van der Waals surface area contributed by atoms with Crippen molar-refractivity contribution in [3.05, 3.63) is 58.0 Å². The van der Waals surface area contributed by atoms with Crippen LogP contribution < -0.4 is 16.0 Å². The lowest BCUT2D eigenvalue weighted by Crippen LogP contribution is -2.21. The first-order valence-corrected chi connectivity index (χ1v) is 6.29. The number of aryl methyl sites for hydroxylation is 1. The summed E-state index contributed by atoms with van der Waals surface area (Å²) in [6, 6.07) is 10.7. The number of aromatic nitrogens is 1. The summed E-state index contributed by atoms with van der Waals surface area (Å²) < 4.78 is 7.28. The highest BCUT2D eigenvalue weighted by Gasteiger charge is 2.07. The molecular weight excluding hydrogens is 240 g/mol. The lowest BCUT2D eigenvalue weighted by atomic mass is 10.1. The second-order valence-corrected chi connectivity index (χ2v) is 4.39. The van der Waals surface area contributed by atoms with Crippen LogP contribution in [0.1, 0.15) is 18.2 Å². The zero-order chi connectivity index (χ0) is 13.8. The molecule has 0 radical (unpaired) electrons. The minimum Gasteiger partial charge on any atom is -0.494 e. The van der Waals surface area contributed by atoms with Crippen molar-refractivity contribution in [1.82, 2.24) is 4.57 Å². The summed E-state index contributed by atoms with van der Waals surface area (Å²) in [7, 11) is 0. The number of anilines is 1. The second-order valence-electron chi connectivity index (χ2n) is 4.39. The highest BCUT2D eigenvalue weighted by Crippen LogP contribution is 2.22. The number of hydrogen-bond acceptors (Lipinski definition) is 3. The van der Waals surface area contributed by atoms with Crippen molar-refractivity contribution < 1.29 is 4.74 Å². The number of benzene rings is 1. The van der Waals surface area contributed by atoms with Gasteiger partial charge in [0.05, 0.1) is 13.2 Å². The maximum absolute atomic E-state index is 11.9. The van der Waals surface area contributed by atoms with Crippen LogP contribution in [0, 0.1) is 6.92 Å². The topological polar surface area (TPSA) is 57.2 Å². The fourth-order valence-corrected chi connectivity index (χ4v) is 2.02. The molecule has 0 atom stereocenters. The van der Waals surface area contributed by atoms with Crippen LogP contribution >= 0.6 is 0 Å². The van der Waals surface area contributed by atoms with Crippen molar-refractivity contribution >= 4 is 5.69 Å². The highest BCUT2D eigenvalue weighted by atomic mass is 16.5. The van der Waals surface area contributed by atoms with Crippen LogP contribution in [0.2, 0.25) is 0 Å². The van der Waals surface area contributed by atoms with Crippen LogP contribution in [0.15, 0.2) is 41.2 Å². The van der Waals surface area contributed by atoms with Crippen molar-refractivity contribution in [3.63, 3.8) is 0 Å². The smallest absolute Gasteiger partial charge is 0.251 e. The lowest BCUT2D eigenvalue weighted by molar-refractivity contribution is 0.335. The monoisotopic (exact) mass is 258 g/mol. The Hall–Kier alpha value is -2.23. The zero-order valence-electron chi connectivity index (χ0n) is 11.2. The average molecular weight is 258 g/mol. The first-order valence-electron chi connectivity index (χ1n) is 6.29. The minimum atomic E-state index is -0.0233. The van der Waals surface area contributed by atoms with Crippen molar-refractivity contribution in [2.24, 2.45) is 0 Å². The largest absolute Gasteiger partial charge is 0.494 e. The predicted molar refractivity (Wildman–Crippen MR) is 76.6 cm³/mol. The first-order chi connectivity index (χ1) is 9.11. The van der Waals surface area contributed by atoms with Gasteiger partial charge >= 0.3 is 0 Å². The van der Waals surface area contributed by atoms with Gasteiger partial charge in [-0.05, 0) is 38.1 Å². The molecule has 2 rings (SSSR count). The van der Waals surface area contributed by atoms with E-state index in [9.17, 15) is 4.79 Å². The molecule has 0 amide bonds. The number of nitrogen functional groups attached to an aromatic ring is 1. The molecule has 4 heteroatoms. The van der Waals surface area contributed by atoms with Crippen LogP contribution in [-0.2, 0) is 6.54 Å². The number of rotatable bonds is 4. The van der Waals surface area contributed by atoms with E-state index in [1.807, 2.05) is 32.0 Å². The molecule has 1 aromatic heterocycles. The number of ether oxygens (including phenoxy) is 1. The van der Waals surface area contributed by atoms with Gasteiger partial charge in [0.1, 0.15) is 5.75 Å². The van der Waals surface area contributed by atoms with Gasteiger partial charge in [-0.3, -0.25) is 4.79 Å². The summed E-state index contributed by atoms with van der Waals surface area (Å²) in [5.74, 6) is 0.770. The molecule has 100 valence electrons. The van der Waals surface area contributed by atoms with Crippen molar-refractivity contribution in [1.29, 1.82) is 0 Å². The van der Waals surface area contributed by atoms with E-state index in [-0.39, 0.29) is 5.56 Å². The summed E-state index contributed by atoms with van der Waals surface area (Å²) in [4.78, 5) is 11.9. The van der Waals surface area contributed by atoms with Crippen molar-refractivity contribution in [3.8, 4) is 5.75 Å². The van der Waals surface area contributed by atoms with Gasteiger partial charge in [0.15, 0.2) is 0 Å². The van der Waals surface area contributed by atoms with Crippen molar-refractivity contribution in [2.45, 2.75) is 20.4 Å². The molecule has 19 heavy (non-hydrogen) atoms. The number of pyridine rings is 1. The Balaban J connectivity index is 2.42. The van der Waals surface area contributed by atoms with Gasteiger partial charge in [0.2, 0.25) is 0 Å². The molecule has 2 aromatic rings. The van der Waals surface area contributed by atoms with E-state index in [0.29, 0.717) is 18.8 Å². The third-order valence-electron chi connectivity index (χ3n) is 2.98. The molecule has 0 saturated heterocycles. The van der Waals surface area contributed by atoms with E-state index in [2.05, 4.69) is 0 Å². The summed E-state index contributed by atoms with van der Waals surface area (Å²) >= 11 is 0. The Morgan fingerprint density at radius 3 is 2.74 bits per heavy atom. The third kappa shape index (κ3) is 2.96. The molecular formula is C15H18N2O2. The molecule has 0 fully saturated rings. The fraction of sp³-hybridized carbons (Fsp3) is 0.267. The quantitative estimate of drug-likeness (QED) is 0.855. The molecule has 0 bridgehead atoms. The Labute approximate surface area is 112 Å². The molecule has 0 saturated carbocycles. The van der Waals surface area contributed by atoms with Gasteiger partial charge in [-0.15, -0.1) is 0 Å². The van der Waals surface area contributed by atoms with Gasteiger partial charge in [0.25, 0.3) is 5.56 Å². The average Bonchev–Trinajstić information content (AvgIpc) is 2.37. The van der Waals surface area contributed by atoms with Crippen LogP contribution in [0.25, 0.3) is 0 Å². The predicted octanol–water partition coefficient (Wildman–Crippen LogP) is 2.19. The maximum atomic E-state index is 11.9. The fourth-order valence-electron chi connectivity index (χ4n) is 2.02. The molecule has 1 heterocycles. The van der Waals surface area contributed by atoms with E-state index in [4.69, 9.17) is 10.5 Å². The van der Waals surface area contributed by atoms with Gasteiger partial charge in [-0.25, -0.2) is 0 Å². The van der Waals surface area contributed by atoms with E-state index in [1.165, 1.54) is 0 Å². The maximum Gasteiger partial charge on any atom is 0.251 e. The van der Waals surface area contributed by atoms with Crippen molar-refractivity contribution in [2.75, 3.05) is 12.3 Å². The van der Waals surface area contributed by atoms with Gasteiger partial charge in [0, 0.05) is 23.0 Å². The normalized spacial score (nSPS) is 10.4. The second kappa shape index (κ2) is 5.61. The highest BCUT2D eigenvalue weighted by molar-refractivity contribution is 5.48. The Bertz CT molecular complexity index is 632. The van der Waals surface area contributed by atoms with Crippen LogP contribution in [0.4, 0.5) is 5.69 Å². The summed E-state index contributed by atoms with van der Waals surface area (Å²) in [5, 5.41) is 0. The van der Waals surface area contributed by atoms with E-state index in [0.717, 1.165) is 17.0 Å². The zero-order valence-corrected chi connectivity index (χ0v) is 11.2. The van der Waals surface area contributed by atoms with Crippen LogP contribution in [0.5, 0.6) is 5.75 Å². The Morgan fingerprint density at radius 2 is 2.05 bits per heavy atom. The van der Waals surface area contributed by atoms with E-state index >= 15 is 0 Å². The minimum absolute atomic E-state index is 0.0233. The Kier molecular flexibility index (Phi) is 3.90. The number of nitrogens with zero attached hydrogens (tertiary/aromatic N) is 1. The van der Waals surface area contributed by atoms with Gasteiger partial charge < -0.3 is 15.0 Å². The number of hydrogen-bond donors (Lipinski definition) is 1. The van der Waals surface area contributed by atoms with Crippen LogP contribution in [0.3, 0.4) is 0 Å². The molecule has 4 nitrogen and oxygen atoms in total. The summed E-state index contributed by atoms with van der Waals surface area (Å²) in [5.41, 5.74) is 8.28. The van der Waals surface area contributed by atoms with E-state index < -0.39 is 0 Å². The number of nitrogens with two attached hydrogens (primary N) is 1. The lowest BCUT2D eigenvalue weighted by Gasteiger charge is -2.14. The first kappa shape index (κ1) is 13.2. The van der Waals surface area contributed by atoms with Gasteiger partial charge in [-0.1, -0.05) is 6.07 Å². The van der Waals surface area contributed by atoms with Crippen LogP contribution in [-0.4, -0.2) is 11.2 Å². The molecule has 0 aliphatic carbocycles. The molecule has 2 N–H and O–H groups in total. The molecule has 0 unspecified atom stereocenters. The standard InChI is InChI=1S/C15H18N2O2/c1-3-19-14-8-7-13(16)9-12(14)10-17-11(2)5-4-6-15(17)18/h4-9H,3,10,16H2,1-2H3. The molecule has 0 spiro atoms. The third-order valence-corrected chi connectivity index (χ3v) is 2.98.